The highest BCUT2D eigenvalue weighted by atomic mass is 32.2. The highest BCUT2D eigenvalue weighted by Gasteiger charge is 2.31. The molecule has 0 bridgehead atoms. The molecule has 0 aliphatic carbocycles. The van der Waals surface area contributed by atoms with Gasteiger partial charge in [-0.1, -0.05) is 24.1 Å². The van der Waals surface area contributed by atoms with Crippen molar-refractivity contribution in [2.45, 2.75) is 50.6 Å². The standard InChI is InChI=1S/C23H26N4O4S/c1-16-6-8-19(9-7-16)25-22(28)15-26-21-11-10-20(13-18(21)14-24-23(26)29)32(30,31)27-12-4-3-5-17(27)2/h6-11,13-14,17H,3-5,12,15H2,1-2H3,(H,25,28)/t17-/m1/s1. The highest BCUT2D eigenvalue weighted by Crippen LogP contribution is 2.27. The molecular formula is C23H26N4O4S. The van der Waals surface area contributed by atoms with Crippen LogP contribution < -0.4 is 11.0 Å². The summed E-state index contributed by atoms with van der Waals surface area (Å²) in [6, 6.07) is 11.9. The maximum Gasteiger partial charge on any atom is 0.348 e. The molecule has 1 aromatic heterocycles. The van der Waals surface area contributed by atoms with E-state index < -0.39 is 15.7 Å². The maximum absolute atomic E-state index is 13.2. The Hall–Kier alpha value is -3.04. The van der Waals surface area contributed by atoms with Gasteiger partial charge < -0.3 is 5.32 Å². The first kappa shape index (κ1) is 22.2. The van der Waals surface area contributed by atoms with Crippen molar-refractivity contribution in [3.05, 3.63) is 64.7 Å². The molecule has 1 fully saturated rings. The van der Waals surface area contributed by atoms with E-state index in [1.807, 2.05) is 26.0 Å². The van der Waals surface area contributed by atoms with Crippen molar-refractivity contribution in [3.8, 4) is 0 Å². The summed E-state index contributed by atoms with van der Waals surface area (Å²) < 4.78 is 29.1. The molecule has 0 radical (unpaired) electrons. The predicted molar refractivity (Wildman–Crippen MR) is 123 cm³/mol. The van der Waals surface area contributed by atoms with Crippen LogP contribution in [-0.2, 0) is 21.4 Å². The Morgan fingerprint density at radius 2 is 1.91 bits per heavy atom. The van der Waals surface area contributed by atoms with Crippen LogP contribution in [0, 0.1) is 6.92 Å². The molecular weight excluding hydrogens is 428 g/mol. The molecule has 1 saturated heterocycles. The number of amides is 1. The number of aryl methyl sites for hydroxylation is 1. The molecule has 1 atom stereocenters. The first-order chi connectivity index (χ1) is 15.3. The number of hydrogen-bond acceptors (Lipinski definition) is 5. The number of benzene rings is 2. The molecule has 4 rings (SSSR count). The van der Waals surface area contributed by atoms with Crippen LogP contribution in [0.2, 0.25) is 0 Å². The summed E-state index contributed by atoms with van der Waals surface area (Å²) in [5, 5.41) is 3.25. The quantitative estimate of drug-likeness (QED) is 0.639. The third-order valence-electron chi connectivity index (χ3n) is 5.82. The van der Waals surface area contributed by atoms with Gasteiger partial charge in [-0.15, -0.1) is 0 Å². The van der Waals surface area contributed by atoms with Gasteiger partial charge in [0.25, 0.3) is 0 Å². The number of anilines is 1. The van der Waals surface area contributed by atoms with Crippen LogP contribution in [0.3, 0.4) is 0 Å². The molecule has 0 saturated carbocycles. The van der Waals surface area contributed by atoms with E-state index in [2.05, 4.69) is 10.3 Å². The number of aromatic nitrogens is 2. The van der Waals surface area contributed by atoms with E-state index in [9.17, 15) is 18.0 Å². The van der Waals surface area contributed by atoms with Crippen molar-refractivity contribution in [1.29, 1.82) is 0 Å². The lowest BCUT2D eigenvalue weighted by atomic mass is 10.1. The van der Waals surface area contributed by atoms with Gasteiger partial charge >= 0.3 is 5.69 Å². The molecule has 2 aromatic carbocycles. The first-order valence-corrected chi connectivity index (χ1v) is 12.1. The second kappa shape index (κ2) is 8.84. The fourth-order valence-corrected chi connectivity index (χ4v) is 5.77. The van der Waals surface area contributed by atoms with Crippen LogP contribution >= 0.6 is 0 Å². The largest absolute Gasteiger partial charge is 0.348 e. The van der Waals surface area contributed by atoms with Crippen LogP contribution in [0.25, 0.3) is 10.9 Å². The monoisotopic (exact) mass is 454 g/mol. The zero-order valence-electron chi connectivity index (χ0n) is 18.1. The molecule has 8 nitrogen and oxygen atoms in total. The molecule has 32 heavy (non-hydrogen) atoms. The van der Waals surface area contributed by atoms with Crippen LogP contribution in [0.15, 0.2) is 58.4 Å². The first-order valence-electron chi connectivity index (χ1n) is 10.6. The average molecular weight is 455 g/mol. The predicted octanol–water partition coefficient (Wildman–Crippen LogP) is 2.91. The molecule has 3 aromatic rings. The van der Waals surface area contributed by atoms with Crippen LogP contribution in [0.5, 0.6) is 0 Å². The van der Waals surface area contributed by atoms with Crippen molar-refractivity contribution in [2.75, 3.05) is 11.9 Å². The molecule has 168 valence electrons. The lowest BCUT2D eigenvalue weighted by molar-refractivity contribution is -0.116. The van der Waals surface area contributed by atoms with Gasteiger partial charge in [-0.25, -0.2) is 18.2 Å². The summed E-state index contributed by atoms with van der Waals surface area (Å²) in [6.45, 7) is 4.14. The minimum absolute atomic E-state index is 0.0537. The second-order valence-corrected chi connectivity index (χ2v) is 10.1. The van der Waals surface area contributed by atoms with Crippen LogP contribution in [0.1, 0.15) is 31.7 Å². The molecule has 9 heteroatoms. The average Bonchev–Trinajstić information content (AvgIpc) is 2.77. The van der Waals surface area contributed by atoms with Crippen molar-refractivity contribution in [2.24, 2.45) is 0 Å². The maximum atomic E-state index is 13.2. The van der Waals surface area contributed by atoms with Crippen LogP contribution in [-0.4, -0.2) is 40.8 Å². The van der Waals surface area contributed by atoms with Gasteiger partial charge in [0.2, 0.25) is 15.9 Å². The summed E-state index contributed by atoms with van der Waals surface area (Å²) in [7, 11) is -3.65. The molecule has 1 N–H and O–H groups in total. The Balaban J connectivity index is 1.63. The van der Waals surface area contributed by atoms with Gasteiger partial charge in [0.1, 0.15) is 6.54 Å². The van der Waals surface area contributed by atoms with E-state index in [1.165, 1.54) is 27.2 Å². The zero-order chi connectivity index (χ0) is 22.9. The Bertz CT molecular complexity index is 1320. The molecule has 0 spiro atoms. The Labute approximate surface area is 186 Å². The number of carbonyl (C=O) groups excluding carboxylic acids is 1. The second-order valence-electron chi connectivity index (χ2n) is 8.22. The summed E-state index contributed by atoms with van der Waals surface area (Å²) in [5.41, 5.74) is 1.58. The van der Waals surface area contributed by atoms with E-state index in [4.69, 9.17) is 0 Å². The number of nitrogens with zero attached hydrogens (tertiary/aromatic N) is 3. The van der Waals surface area contributed by atoms with Crippen molar-refractivity contribution in [3.63, 3.8) is 0 Å². The van der Waals surface area contributed by atoms with E-state index in [1.54, 1.807) is 18.2 Å². The number of sulfonamides is 1. The molecule has 2 heterocycles. The molecule has 1 aliphatic rings. The Morgan fingerprint density at radius 3 is 2.62 bits per heavy atom. The van der Waals surface area contributed by atoms with Gasteiger partial charge in [0, 0.05) is 29.9 Å². The summed E-state index contributed by atoms with van der Waals surface area (Å²) in [5.74, 6) is -0.371. The van der Waals surface area contributed by atoms with Gasteiger partial charge in [-0.05, 0) is 57.0 Å². The lowest BCUT2D eigenvalue weighted by Gasteiger charge is -2.32. The zero-order valence-corrected chi connectivity index (χ0v) is 18.9. The fourth-order valence-electron chi connectivity index (χ4n) is 4.04. The van der Waals surface area contributed by atoms with E-state index >= 15 is 0 Å². The SMILES string of the molecule is Cc1ccc(NC(=O)Cn2c(=O)ncc3cc(S(=O)(=O)N4CCCC[C@H]4C)ccc32)cc1. The summed E-state index contributed by atoms with van der Waals surface area (Å²) in [4.78, 5) is 28.9. The summed E-state index contributed by atoms with van der Waals surface area (Å²) >= 11 is 0. The molecule has 1 aliphatic heterocycles. The van der Waals surface area contributed by atoms with Crippen molar-refractivity contribution < 1.29 is 13.2 Å². The normalized spacial score (nSPS) is 17.4. The van der Waals surface area contributed by atoms with Gasteiger partial charge in [-0.3, -0.25) is 9.36 Å². The number of hydrogen-bond donors (Lipinski definition) is 1. The van der Waals surface area contributed by atoms with Crippen LogP contribution in [0.4, 0.5) is 5.69 Å². The van der Waals surface area contributed by atoms with E-state index in [0.717, 1.165) is 24.8 Å². The van der Waals surface area contributed by atoms with Gasteiger partial charge in [-0.2, -0.15) is 4.31 Å². The van der Waals surface area contributed by atoms with Crippen molar-refractivity contribution >= 4 is 32.5 Å². The van der Waals surface area contributed by atoms with E-state index in [-0.39, 0.29) is 23.4 Å². The lowest BCUT2D eigenvalue weighted by Crippen LogP contribution is -2.41. The van der Waals surface area contributed by atoms with Gasteiger partial charge in [0.05, 0.1) is 10.4 Å². The van der Waals surface area contributed by atoms with Crippen molar-refractivity contribution in [1.82, 2.24) is 13.9 Å². The van der Waals surface area contributed by atoms with E-state index in [0.29, 0.717) is 23.1 Å². The molecule has 0 unspecified atom stereocenters. The minimum Gasteiger partial charge on any atom is -0.325 e. The topological polar surface area (TPSA) is 101 Å². The smallest absolute Gasteiger partial charge is 0.325 e. The fraction of sp³-hybridized carbons (Fsp3) is 0.348. The Morgan fingerprint density at radius 1 is 1.16 bits per heavy atom. The minimum atomic E-state index is -3.65. The van der Waals surface area contributed by atoms with Gasteiger partial charge in [0.15, 0.2) is 0 Å². The number of fused-ring (bicyclic) bond motifs is 1. The molecule has 1 amide bonds. The Kier molecular flexibility index (Phi) is 6.12. The highest BCUT2D eigenvalue weighted by molar-refractivity contribution is 7.89. The number of rotatable bonds is 5. The third kappa shape index (κ3) is 4.44. The number of carbonyl (C=O) groups is 1. The number of nitrogens with one attached hydrogen (secondary N) is 1. The number of piperidine rings is 1. The third-order valence-corrected chi connectivity index (χ3v) is 7.83. The summed E-state index contributed by atoms with van der Waals surface area (Å²) in [6.07, 6.45) is 4.05.